The highest BCUT2D eigenvalue weighted by Crippen LogP contribution is 2.09. The van der Waals surface area contributed by atoms with Crippen molar-refractivity contribution in [2.75, 3.05) is 50.0 Å². The predicted octanol–water partition coefficient (Wildman–Crippen LogP) is 0.784. The molecule has 104 valence electrons. The zero-order valence-corrected chi connectivity index (χ0v) is 11.2. The van der Waals surface area contributed by atoms with Crippen LogP contribution in [0.5, 0.6) is 0 Å². The van der Waals surface area contributed by atoms with Gasteiger partial charge in [0.1, 0.15) is 5.82 Å². The quantitative estimate of drug-likeness (QED) is 0.823. The van der Waals surface area contributed by atoms with Gasteiger partial charge in [-0.2, -0.15) is 0 Å². The molecule has 2 N–H and O–H groups in total. The summed E-state index contributed by atoms with van der Waals surface area (Å²) in [5, 5.41) is 5.95. The first-order valence-corrected chi connectivity index (χ1v) is 6.51. The number of aromatic nitrogens is 1. The van der Waals surface area contributed by atoms with E-state index in [2.05, 4.69) is 20.5 Å². The monoisotopic (exact) mass is 264 g/mol. The summed E-state index contributed by atoms with van der Waals surface area (Å²) < 4.78 is 5.30. The number of amides is 1. The zero-order valence-electron chi connectivity index (χ0n) is 11.2. The minimum atomic E-state index is -0.0881. The van der Waals surface area contributed by atoms with Gasteiger partial charge in [0.05, 0.1) is 25.1 Å². The van der Waals surface area contributed by atoms with E-state index in [1.165, 1.54) is 6.92 Å². The highest BCUT2D eigenvalue weighted by atomic mass is 16.5. The lowest BCUT2D eigenvalue weighted by Gasteiger charge is -2.26. The van der Waals surface area contributed by atoms with E-state index in [1.54, 1.807) is 6.20 Å². The molecule has 0 atom stereocenters. The van der Waals surface area contributed by atoms with Gasteiger partial charge in [-0.3, -0.25) is 9.69 Å². The molecule has 1 fully saturated rings. The first kappa shape index (κ1) is 13.8. The summed E-state index contributed by atoms with van der Waals surface area (Å²) in [6, 6.07) is 3.70. The van der Waals surface area contributed by atoms with Gasteiger partial charge in [-0.25, -0.2) is 4.98 Å². The number of morpholine rings is 1. The first-order chi connectivity index (χ1) is 9.24. The molecular formula is C13H20N4O2. The third-order valence-corrected chi connectivity index (χ3v) is 2.92. The van der Waals surface area contributed by atoms with E-state index in [1.807, 2.05) is 12.1 Å². The maximum absolute atomic E-state index is 10.9. The molecule has 1 aliphatic heterocycles. The van der Waals surface area contributed by atoms with E-state index in [0.29, 0.717) is 5.69 Å². The van der Waals surface area contributed by atoms with E-state index < -0.39 is 0 Å². The van der Waals surface area contributed by atoms with Crippen LogP contribution in [-0.4, -0.2) is 55.2 Å². The summed E-state index contributed by atoms with van der Waals surface area (Å²) in [5.41, 5.74) is 0.714. The van der Waals surface area contributed by atoms with Gasteiger partial charge in [-0.05, 0) is 12.1 Å². The summed E-state index contributed by atoms with van der Waals surface area (Å²) in [7, 11) is 0. The molecule has 0 aromatic carbocycles. The van der Waals surface area contributed by atoms with Crippen LogP contribution >= 0.6 is 0 Å². The van der Waals surface area contributed by atoms with Crippen molar-refractivity contribution < 1.29 is 9.53 Å². The topological polar surface area (TPSA) is 66.5 Å². The van der Waals surface area contributed by atoms with Gasteiger partial charge in [0.15, 0.2) is 0 Å². The number of nitrogens with zero attached hydrogens (tertiary/aromatic N) is 2. The molecule has 0 saturated carbocycles. The molecule has 1 aromatic heterocycles. The molecule has 2 heterocycles. The Balaban J connectivity index is 1.71. The molecule has 0 unspecified atom stereocenters. The Morgan fingerprint density at radius 3 is 2.84 bits per heavy atom. The van der Waals surface area contributed by atoms with E-state index in [4.69, 9.17) is 4.74 Å². The number of pyridine rings is 1. The molecule has 0 aliphatic carbocycles. The maximum atomic E-state index is 10.9. The van der Waals surface area contributed by atoms with Crippen LogP contribution in [-0.2, 0) is 9.53 Å². The van der Waals surface area contributed by atoms with Gasteiger partial charge in [-0.15, -0.1) is 0 Å². The second-order valence-electron chi connectivity index (χ2n) is 4.49. The Bertz CT molecular complexity index is 402. The van der Waals surface area contributed by atoms with Gasteiger partial charge < -0.3 is 15.4 Å². The van der Waals surface area contributed by atoms with Crippen molar-refractivity contribution >= 4 is 17.4 Å². The second-order valence-corrected chi connectivity index (χ2v) is 4.49. The van der Waals surface area contributed by atoms with Crippen molar-refractivity contribution in [1.82, 2.24) is 9.88 Å². The maximum Gasteiger partial charge on any atom is 0.221 e. The van der Waals surface area contributed by atoms with Gasteiger partial charge in [0.25, 0.3) is 0 Å². The summed E-state index contributed by atoms with van der Waals surface area (Å²) in [6.07, 6.45) is 1.65. The molecule has 1 aromatic rings. The Kier molecular flexibility index (Phi) is 5.11. The van der Waals surface area contributed by atoms with Crippen LogP contribution in [0.3, 0.4) is 0 Å². The first-order valence-electron chi connectivity index (χ1n) is 6.51. The van der Waals surface area contributed by atoms with Crippen LogP contribution in [0.2, 0.25) is 0 Å². The summed E-state index contributed by atoms with van der Waals surface area (Å²) in [4.78, 5) is 17.5. The largest absolute Gasteiger partial charge is 0.379 e. The smallest absolute Gasteiger partial charge is 0.221 e. The number of ether oxygens (including phenoxy) is 1. The van der Waals surface area contributed by atoms with E-state index in [9.17, 15) is 4.79 Å². The van der Waals surface area contributed by atoms with Crippen molar-refractivity contribution in [3.63, 3.8) is 0 Å². The number of anilines is 2. The molecule has 0 radical (unpaired) electrons. The normalized spacial score (nSPS) is 16.1. The van der Waals surface area contributed by atoms with Gasteiger partial charge in [-0.1, -0.05) is 0 Å². The number of hydrogen-bond acceptors (Lipinski definition) is 5. The van der Waals surface area contributed by atoms with Crippen molar-refractivity contribution in [3.8, 4) is 0 Å². The SMILES string of the molecule is CC(=O)Nc1ccc(NCCN2CCOCC2)nc1. The number of hydrogen-bond donors (Lipinski definition) is 2. The number of nitrogens with one attached hydrogen (secondary N) is 2. The average molecular weight is 264 g/mol. The van der Waals surface area contributed by atoms with E-state index in [-0.39, 0.29) is 5.91 Å². The fourth-order valence-electron chi connectivity index (χ4n) is 1.94. The third kappa shape index (κ3) is 4.84. The van der Waals surface area contributed by atoms with Crippen LogP contribution in [0.1, 0.15) is 6.92 Å². The molecule has 6 nitrogen and oxygen atoms in total. The molecule has 1 aliphatic rings. The van der Waals surface area contributed by atoms with E-state index >= 15 is 0 Å². The Hall–Kier alpha value is -1.66. The zero-order chi connectivity index (χ0) is 13.5. The predicted molar refractivity (Wildman–Crippen MR) is 74.3 cm³/mol. The highest BCUT2D eigenvalue weighted by Gasteiger charge is 2.09. The fraction of sp³-hybridized carbons (Fsp3) is 0.538. The number of rotatable bonds is 5. The summed E-state index contributed by atoms with van der Waals surface area (Å²) in [5.74, 6) is 0.734. The molecule has 2 rings (SSSR count). The molecule has 6 heteroatoms. The Labute approximate surface area is 113 Å². The van der Waals surface area contributed by atoms with E-state index in [0.717, 1.165) is 45.2 Å². The van der Waals surface area contributed by atoms with Crippen molar-refractivity contribution in [3.05, 3.63) is 18.3 Å². The lowest BCUT2D eigenvalue weighted by Crippen LogP contribution is -2.39. The van der Waals surface area contributed by atoms with Gasteiger partial charge in [0, 0.05) is 33.1 Å². The number of carbonyl (C=O) groups is 1. The minimum Gasteiger partial charge on any atom is -0.379 e. The standard InChI is InChI=1S/C13H20N4O2/c1-11(18)16-12-2-3-13(15-10-12)14-4-5-17-6-8-19-9-7-17/h2-3,10H,4-9H2,1H3,(H,14,15)(H,16,18). The van der Waals surface area contributed by atoms with Crippen LogP contribution in [0, 0.1) is 0 Å². The van der Waals surface area contributed by atoms with Crippen molar-refractivity contribution in [2.24, 2.45) is 0 Å². The Morgan fingerprint density at radius 2 is 2.21 bits per heavy atom. The molecule has 1 amide bonds. The van der Waals surface area contributed by atoms with Crippen molar-refractivity contribution in [1.29, 1.82) is 0 Å². The van der Waals surface area contributed by atoms with Gasteiger partial charge in [0.2, 0.25) is 5.91 Å². The van der Waals surface area contributed by atoms with Crippen molar-refractivity contribution in [2.45, 2.75) is 6.92 Å². The lowest BCUT2D eigenvalue weighted by molar-refractivity contribution is -0.114. The summed E-state index contributed by atoms with van der Waals surface area (Å²) >= 11 is 0. The van der Waals surface area contributed by atoms with Crippen LogP contribution in [0.25, 0.3) is 0 Å². The molecule has 0 spiro atoms. The van der Waals surface area contributed by atoms with Crippen LogP contribution < -0.4 is 10.6 Å². The third-order valence-electron chi connectivity index (χ3n) is 2.92. The minimum absolute atomic E-state index is 0.0881. The lowest BCUT2D eigenvalue weighted by atomic mass is 10.4. The fourth-order valence-corrected chi connectivity index (χ4v) is 1.94. The molecular weight excluding hydrogens is 244 g/mol. The average Bonchev–Trinajstić information content (AvgIpc) is 2.41. The van der Waals surface area contributed by atoms with Crippen LogP contribution in [0.4, 0.5) is 11.5 Å². The highest BCUT2D eigenvalue weighted by molar-refractivity contribution is 5.88. The molecule has 1 saturated heterocycles. The Morgan fingerprint density at radius 1 is 1.42 bits per heavy atom. The number of carbonyl (C=O) groups excluding carboxylic acids is 1. The second kappa shape index (κ2) is 7.06. The molecule has 19 heavy (non-hydrogen) atoms. The summed E-state index contributed by atoms with van der Waals surface area (Å²) in [6.45, 7) is 6.96. The molecule has 0 bridgehead atoms. The van der Waals surface area contributed by atoms with Gasteiger partial charge >= 0.3 is 0 Å². The van der Waals surface area contributed by atoms with Crippen LogP contribution in [0.15, 0.2) is 18.3 Å².